The number of aryl methyl sites for hydroxylation is 3. The summed E-state index contributed by atoms with van der Waals surface area (Å²) in [5, 5.41) is 4.22. The second-order valence-electron chi connectivity index (χ2n) is 4.87. The fraction of sp³-hybridized carbons (Fsp3) is 0.333. The van der Waals surface area contributed by atoms with Gasteiger partial charge < -0.3 is 4.74 Å². The van der Waals surface area contributed by atoms with Gasteiger partial charge in [-0.25, -0.2) is 0 Å². The van der Waals surface area contributed by atoms with E-state index in [-0.39, 0.29) is 5.78 Å². The van der Waals surface area contributed by atoms with Crippen molar-refractivity contribution >= 4 is 5.78 Å². The van der Waals surface area contributed by atoms with Crippen LogP contribution in [-0.4, -0.2) is 22.2 Å². The lowest BCUT2D eigenvalue weighted by Gasteiger charge is -2.19. The first-order chi connectivity index (χ1) is 9.16. The third-order valence-corrected chi connectivity index (χ3v) is 3.41. The van der Waals surface area contributed by atoms with E-state index in [1.165, 1.54) is 0 Å². The van der Waals surface area contributed by atoms with E-state index >= 15 is 0 Å². The van der Waals surface area contributed by atoms with Crippen LogP contribution in [-0.2, 0) is 13.5 Å². The molecule has 2 heterocycles. The van der Waals surface area contributed by atoms with Gasteiger partial charge in [-0.3, -0.25) is 9.48 Å². The van der Waals surface area contributed by atoms with Gasteiger partial charge in [0.1, 0.15) is 11.4 Å². The van der Waals surface area contributed by atoms with Gasteiger partial charge >= 0.3 is 0 Å². The van der Waals surface area contributed by atoms with Crippen molar-refractivity contribution in [3.8, 4) is 5.75 Å². The van der Waals surface area contributed by atoms with Gasteiger partial charge in [0.05, 0.1) is 17.9 Å². The van der Waals surface area contributed by atoms with E-state index in [9.17, 15) is 4.79 Å². The number of carbonyl (C=O) groups excluding carboxylic acids is 1. The van der Waals surface area contributed by atoms with Crippen LogP contribution in [0.5, 0.6) is 5.75 Å². The monoisotopic (exact) mass is 256 g/mol. The average Bonchev–Trinajstić information content (AvgIpc) is 2.76. The third kappa shape index (κ3) is 2.03. The number of hydrogen-bond acceptors (Lipinski definition) is 3. The number of fused-ring (bicyclic) bond motifs is 1. The number of hydrogen-bond donors (Lipinski definition) is 0. The van der Waals surface area contributed by atoms with Gasteiger partial charge in [-0.15, -0.1) is 0 Å². The Balaban J connectivity index is 2.07. The zero-order valence-electron chi connectivity index (χ0n) is 11.1. The summed E-state index contributed by atoms with van der Waals surface area (Å²) in [6.45, 7) is 2.56. The molecule has 0 saturated heterocycles. The highest BCUT2D eigenvalue weighted by atomic mass is 16.5. The Morgan fingerprint density at radius 1 is 1.42 bits per heavy atom. The maximum Gasteiger partial charge on any atom is 0.214 e. The van der Waals surface area contributed by atoms with Crippen LogP contribution in [0.15, 0.2) is 24.3 Å². The quantitative estimate of drug-likeness (QED) is 0.774. The fourth-order valence-electron chi connectivity index (χ4n) is 2.53. The molecule has 4 heteroatoms. The van der Waals surface area contributed by atoms with Crippen molar-refractivity contribution in [1.82, 2.24) is 9.78 Å². The SMILES string of the molecule is Cc1cc(C(=O)c2cccc3c2OCCC3)n(C)n1. The summed E-state index contributed by atoms with van der Waals surface area (Å²) in [5.41, 5.74) is 3.20. The van der Waals surface area contributed by atoms with Crippen LogP contribution in [0.4, 0.5) is 0 Å². The first-order valence-corrected chi connectivity index (χ1v) is 6.47. The molecule has 0 saturated carbocycles. The van der Waals surface area contributed by atoms with Gasteiger partial charge in [0.2, 0.25) is 5.78 Å². The first kappa shape index (κ1) is 12.0. The Kier molecular flexibility index (Phi) is 2.85. The van der Waals surface area contributed by atoms with Crippen molar-refractivity contribution in [3.05, 3.63) is 46.8 Å². The summed E-state index contributed by atoms with van der Waals surface area (Å²) in [6.07, 6.45) is 1.98. The van der Waals surface area contributed by atoms with Crippen molar-refractivity contribution in [1.29, 1.82) is 0 Å². The van der Waals surface area contributed by atoms with Crippen molar-refractivity contribution < 1.29 is 9.53 Å². The van der Waals surface area contributed by atoms with E-state index in [4.69, 9.17) is 4.74 Å². The molecule has 1 aromatic carbocycles. The Labute approximate surface area is 112 Å². The molecule has 0 fully saturated rings. The summed E-state index contributed by atoms with van der Waals surface area (Å²) in [4.78, 5) is 12.6. The van der Waals surface area contributed by atoms with Gasteiger partial charge in [0.15, 0.2) is 0 Å². The molecule has 0 spiro atoms. The Morgan fingerprint density at radius 3 is 3.00 bits per heavy atom. The van der Waals surface area contributed by atoms with Crippen LogP contribution in [0, 0.1) is 6.92 Å². The van der Waals surface area contributed by atoms with Crippen molar-refractivity contribution in [3.63, 3.8) is 0 Å². The number of ketones is 1. The summed E-state index contributed by atoms with van der Waals surface area (Å²) in [7, 11) is 1.79. The average molecular weight is 256 g/mol. The molecule has 0 amide bonds. The number of para-hydroxylation sites is 1. The minimum Gasteiger partial charge on any atom is -0.493 e. The van der Waals surface area contributed by atoms with Gasteiger partial charge in [0.25, 0.3) is 0 Å². The minimum absolute atomic E-state index is 0.0261. The minimum atomic E-state index is -0.0261. The van der Waals surface area contributed by atoms with Crippen LogP contribution in [0.2, 0.25) is 0 Å². The lowest BCUT2D eigenvalue weighted by Crippen LogP contribution is -2.15. The van der Waals surface area contributed by atoms with Crippen LogP contribution in [0.25, 0.3) is 0 Å². The second-order valence-corrected chi connectivity index (χ2v) is 4.87. The van der Waals surface area contributed by atoms with Gasteiger partial charge in [0, 0.05) is 7.05 Å². The maximum atomic E-state index is 12.6. The lowest BCUT2D eigenvalue weighted by atomic mass is 9.99. The zero-order valence-corrected chi connectivity index (χ0v) is 11.1. The molecule has 0 aliphatic carbocycles. The number of rotatable bonds is 2. The first-order valence-electron chi connectivity index (χ1n) is 6.47. The topological polar surface area (TPSA) is 44.1 Å². The number of nitrogens with zero attached hydrogens (tertiary/aromatic N) is 2. The predicted molar refractivity (Wildman–Crippen MR) is 71.6 cm³/mol. The Morgan fingerprint density at radius 2 is 2.26 bits per heavy atom. The molecule has 1 aromatic heterocycles. The lowest BCUT2D eigenvalue weighted by molar-refractivity contribution is 0.102. The van der Waals surface area contributed by atoms with Crippen LogP contribution in [0.1, 0.15) is 33.7 Å². The fourth-order valence-corrected chi connectivity index (χ4v) is 2.53. The van der Waals surface area contributed by atoms with Gasteiger partial charge in [-0.1, -0.05) is 12.1 Å². The molecule has 1 aliphatic rings. The molecule has 4 nitrogen and oxygen atoms in total. The van der Waals surface area contributed by atoms with Crippen LogP contribution in [0.3, 0.4) is 0 Å². The second kappa shape index (κ2) is 4.53. The van der Waals surface area contributed by atoms with Crippen molar-refractivity contribution in [2.75, 3.05) is 6.61 Å². The van der Waals surface area contributed by atoms with Crippen LogP contribution >= 0.6 is 0 Å². The zero-order chi connectivity index (χ0) is 13.4. The Bertz CT molecular complexity index is 644. The normalized spacial score (nSPS) is 13.8. The van der Waals surface area contributed by atoms with Gasteiger partial charge in [-0.2, -0.15) is 5.10 Å². The van der Waals surface area contributed by atoms with Crippen LogP contribution < -0.4 is 4.74 Å². The molecule has 0 radical (unpaired) electrons. The molecule has 0 N–H and O–H groups in total. The molecule has 0 unspecified atom stereocenters. The maximum absolute atomic E-state index is 12.6. The number of aromatic nitrogens is 2. The van der Waals surface area contributed by atoms with Crippen molar-refractivity contribution in [2.24, 2.45) is 7.05 Å². The molecule has 19 heavy (non-hydrogen) atoms. The standard InChI is InChI=1S/C15H16N2O2/c1-10-9-13(17(2)16-10)14(18)12-7-3-5-11-6-4-8-19-15(11)12/h3,5,7,9H,4,6,8H2,1-2H3. The summed E-state index contributed by atoms with van der Waals surface area (Å²) in [5.74, 6) is 0.722. The summed E-state index contributed by atoms with van der Waals surface area (Å²) < 4.78 is 7.32. The molecular formula is C15H16N2O2. The Hall–Kier alpha value is -2.10. The molecule has 0 atom stereocenters. The van der Waals surface area contributed by atoms with E-state index in [1.54, 1.807) is 11.7 Å². The van der Waals surface area contributed by atoms with E-state index in [2.05, 4.69) is 5.10 Å². The number of ether oxygens (including phenoxy) is 1. The van der Waals surface area contributed by atoms with E-state index in [1.807, 2.05) is 31.2 Å². The molecule has 0 bridgehead atoms. The van der Waals surface area contributed by atoms with Gasteiger partial charge in [-0.05, 0) is 37.5 Å². The highest BCUT2D eigenvalue weighted by molar-refractivity contribution is 6.10. The summed E-state index contributed by atoms with van der Waals surface area (Å²) in [6, 6.07) is 7.59. The smallest absolute Gasteiger partial charge is 0.214 e. The summed E-state index contributed by atoms with van der Waals surface area (Å²) >= 11 is 0. The van der Waals surface area contributed by atoms with E-state index in [0.29, 0.717) is 17.9 Å². The molecule has 98 valence electrons. The molecule has 1 aliphatic heterocycles. The predicted octanol–water partition coefficient (Wildman–Crippen LogP) is 2.28. The van der Waals surface area contributed by atoms with Crippen molar-refractivity contribution in [2.45, 2.75) is 19.8 Å². The highest BCUT2D eigenvalue weighted by Crippen LogP contribution is 2.30. The van der Waals surface area contributed by atoms with E-state index in [0.717, 1.165) is 29.8 Å². The third-order valence-electron chi connectivity index (χ3n) is 3.41. The number of carbonyl (C=O) groups is 1. The largest absolute Gasteiger partial charge is 0.493 e. The molecule has 2 aromatic rings. The molecule has 3 rings (SSSR count). The highest BCUT2D eigenvalue weighted by Gasteiger charge is 2.22. The number of benzene rings is 1. The van der Waals surface area contributed by atoms with E-state index < -0.39 is 0 Å². The molecular weight excluding hydrogens is 240 g/mol.